The van der Waals surface area contributed by atoms with Gasteiger partial charge in [-0.1, -0.05) is 0 Å². The first-order valence-electron chi connectivity index (χ1n) is 6.96. The Hall–Kier alpha value is -2.22. The molecule has 1 aliphatic heterocycles. The van der Waals surface area contributed by atoms with Crippen LogP contribution in [0.1, 0.15) is 0 Å². The minimum Gasteiger partial charge on any atom is -0.353 e. The molecule has 0 saturated carbocycles. The fraction of sp³-hybridized carbons (Fsp3) is 0.538. The van der Waals surface area contributed by atoms with Gasteiger partial charge in [0.25, 0.3) is 0 Å². The number of hydrogen-bond donors (Lipinski definition) is 1. The van der Waals surface area contributed by atoms with Crippen LogP contribution in [0.25, 0.3) is 11.0 Å². The van der Waals surface area contributed by atoms with Gasteiger partial charge < -0.3 is 9.80 Å². The molecule has 0 aromatic carbocycles. The van der Waals surface area contributed by atoms with Crippen LogP contribution in [0, 0.1) is 0 Å². The molecule has 0 unspecified atom stereocenters. The van der Waals surface area contributed by atoms with Gasteiger partial charge in [-0.15, -0.1) is 0 Å². The van der Waals surface area contributed by atoms with Crippen molar-refractivity contribution < 1.29 is 4.79 Å². The standard InChI is InChI=1S/C13H19N7O/c1-18(2)11(21)8-19-3-5-20(6-4-19)13-10-7-16-17-12(10)14-9-15-13/h7,9H,3-6,8H2,1-2H3,(H,14,15,16,17). The van der Waals surface area contributed by atoms with Gasteiger partial charge in [0.2, 0.25) is 5.91 Å². The predicted molar refractivity (Wildman–Crippen MR) is 79.0 cm³/mol. The lowest BCUT2D eigenvalue weighted by Gasteiger charge is -2.35. The fourth-order valence-electron chi connectivity index (χ4n) is 2.45. The Morgan fingerprint density at radius 2 is 2.05 bits per heavy atom. The van der Waals surface area contributed by atoms with E-state index >= 15 is 0 Å². The molecule has 0 radical (unpaired) electrons. The van der Waals surface area contributed by atoms with Crippen molar-refractivity contribution in [2.45, 2.75) is 0 Å². The molecular weight excluding hydrogens is 270 g/mol. The molecule has 21 heavy (non-hydrogen) atoms. The Morgan fingerprint density at radius 1 is 1.29 bits per heavy atom. The smallest absolute Gasteiger partial charge is 0.236 e. The van der Waals surface area contributed by atoms with Crippen molar-refractivity contribution in [2.75, 3.05) is 51.7 Å². The van der Waals surface area contributed by atoms with Crippen molar-refractivity contribution >= 4 is 22.8 Å². The number of hydrogen-bond acceptors (Lipinski definition) is 6. The third-order valence-electron chi connectivity index (χ3n) is 3.76. The fourth-order valence-corrected chi connectivity index (χ4v) is 2.45. The predicted octanol–water partition coefficient (Wildman–Crippen LogP) is -0.437. The summed E-state index contributed by atoms with van der Waals surface area (Å²) in [5, 5.41) is 7.81. The Balaban J connectivity index is 1.66. The first-order valence-corrected chi connectivity index (χ1v) is 6.96. The maximum Gasteiger partial charge on any atom is 0.236 e. The Kier molecular flexibility index (Phi) is 3.70. The highest BCUT2D eigenvalue weighted by atomic mass is 16.2. The first-order chi connectivity index (χ1) is 10.1. The van der Waals surface area contributed by atoms with Crippen molar-refractivity contribution in [1.82, 2.24) is 30.0 Å². The number of amides is 1. The lowest BCUT2D eigenvalue weighted by atomic mass is 10.2. The van der Waals surface area contributed by atoms with Gasteiger partial charge in [-0.25, -0.2) is 9.97 Å². The lowest BCUT2D eigenvalue weighted by Crippen LogP contribution is -2.49. The van der Waals surface area contributed by atoms with Crippen LogP contribution in [0.4, 0.5) is 5.82 Å². The summed E-state index contributed by atoms with van der Waals surface area (Å²) in [5.41, 5.74) is 0.755. The van der Waals surface area contributed by atoms with Crippen molar-refractivity contribution in [2.24, 2.45) is 0 Å². The monoisotopic (exact) mass is 289 g/mol. The number of aromatic nitrogens is 4. The number of anilines is 1. The summed E-state index contributed by atoms with van der Waals surface area (Å²) in [6, 6.07) is 0. The van der Waals surface area contributed by atoms with Gasteiger partial charge in [0.15, 0.2) is 5.65 Å². The second-order valence-electron chi connectivity index (χ2n) is 5.38. The quantitative estimate of drug-likeness (QED) is 0.825. The number of likely N-dealkylation sites (N-methyl/N-ethyl adjacent to an activating group) is 1. The summed E-state index contributed by atoms with van der Waals surface area (Å²) < 4.78 is 0. The number of nitrogens with zero attached hydrogens (tertiary/aromatic N) is 6. The van der Waals surface area contributed by atoms with Gasteiger partial charge >= 0.3 is 0 Å². The van der Waals surface area contributed by atoms with Crippen LogP contribution in [-0.4, -0.2) is 82.7 Å². The number of H-pyrrole nitrogens is 1. The van der Waals surface area contributed by atoms with E-state index < -0.39 is 0 Å². The molecule has 1 saturated heterocycles. The number of rotatable bonds is 3. The van der Waals surface area contributed by atoms with Crippen LogP contribution in [0.15, 0.2) is 12.5 Å². The summed E-state index contributed by atoms with van der Waals surface area (Å²) in [4.78, 5) is 26.3. The average Bonchev–Trinajstić information content (AvgIpc) is 2.96. The molecule has 1 fully saturated rings. The minimum atomic E-state index is 0.141. The molecule has 0 bridgehead atoms. The zero-order valence-corrected chi connectivity index (χ0v) is 12.3. The van der Waals surface area contributed by atoms with Crippen molar-refractivity contribution in [1.29, 1.82) is 0 Å². The van der Waals surface area contributed by atoms with Crippen LogP contribution in [-0.2, 0) is 4.79 Å². The molecule has 1 aliphatic rings. The maximum atomic E-state index is 11.7. The summed E-state index contributed by atoms with van der Waals surface area (Å²) in [6.45, 7) is 3.87. The van der Waals surface area contributed by atoms with E-state index in [0.29, 0.717) is 6.54 Å². The van der Waals surface area contributed by atoms with Gasteiger partial charge in [-0.2, -0.15) is 5.10 Å². The van der Waals surface area contributed by atoms with Crippen LogP contribution in [0.3, 0.4) is 0 Å². The van der Waals surface area contributed by atoms with Crippen molar-refractivity contribution in [3.05, 3.63) is 12.5 Å². The Bertz CT molecular complexity index is 630. The van der Waals surface area contributed by atoms with Gasteiger partial charge in [0.05, 0.1) is 18.1 Å². The molecule has 112 valence electrons. The topological polar surface area (TPSA) is 81.3 Å². The SMILES string of the molecule is CN(C)C(=O)CN1CCN(c2ncnc3[nH]ncc23)CC1. The largest absolute Gasteiger partial charge is 0.353 e. The van der Waals surface area contributed by atoms with Crippen molar-refractivity contribution in [3.63, 3.8) is 0 Å². The number of carbonyl (C=O) groups excluding carboxylic acids is 1. The van der Waals surface area contributed by atoms with Gasteiger partial charge in [0, 0.05) is 40.3 Å². The molecule has 0 atom stereocenters. The highest BCUT2D eigenvalue weighted by molar-refractivity contribution is 5.86. The van der Waals surface area contributed by atoms with Gasteiger partial charge in [-0.3, -0.25) is 14.8 Å². The highest BCUT2D eigenvalue weighted by Gasteiger charge is 2.22. The molecule has 2 aromatic rings. The minimum absolute atomic E-state index is 0.141. The molecule has 8 nitrogen and oxygen atoms in total. The van der Waals surface area contributed by atoms with E-state index in [2.05, 4.69) is 30.0 Å². The number of nitrogens with one attached hydrogen (secondary N) is 1. The van der Waals surface area contributed by atoms with E-state index in [1.54, 1.807) is 31.5 Å². The molecule has 1 amide bonds. The summed E-state index contributed by atoms with van der Waals surface area (Å²) in [5.74, 6) is 1.05. The summed E-state index contributed by atoms with van der Waals surface area (Å²) in [7, 11) is 3.57. The number of carbonyl (C=O) groups is 1. The second kappa shape index (κ2) is 5.65. The van der Waals surface area contributed by atoms with Crippen LogP contribution in [0.2, 0.25) is 0 Å². The molecule has 0 aliphatic carbocycles. The van der Waals surface area contributed by atoms with E-state index in [9.17, 15) is 4.79 Å². The zero-order valence-electron chi connectivity index (χ0n) is 12.3. The normalized spacial score (nSPS) is 16.4. The first kappa shape index (κ1) is 13.7. The molecule has 3 rings (SSSR count). The third kappa shape index (κ3) is 2.80. The molecule has 2 aromatic heterocycles. The number of aromatic amines is 1. The van der Waals surface area contributed by atoms with E-state index in [-0.39, 0.29) is 5.91 Å². The Morgan fingerprint density at radius 3 is 2.76 bits per heavy atom. The molecular formula is C13H19N7O. The van der Waals surface area contributed by atoms with E-state index in [1.807, 2.05) is 0 Å². The molecule has 1 N–H and O–H groups in total. The van der Waals surface area contributed by atoms with Crippen LogP contribution in [0.5, 0.6) is 0 Å². The van der Waals surface area contributed by atoms with Gasteiger partial charge in [0.1, 0.15) is 12.1 Å². The second-order valence-corrected chi connectivity index (χ2v) is 5.38. The molecule has 8 heteroatoms. The molecule has 3 heterocycles. The van der Waals surface area contributed by atoms with Crippen LogP contribution < -0.4 is 4.90 Å². The highest BCUT2D eigenvalue weighted by Crippen LogP contribution is 2.21. The molecule has 0 spiro atoms. The number of piperazine rings is 1. The summed E-state index contributed by atoms with van der Waals surface area (Å²) in [6.07, 6.45) is 3.31. The lowest BCUT2D eigenvalue weighted by molar-refractivity contribution is -0.129. The summed E-state index contributed by atoms with van der Waals surface area (Å²) >= 11 is 0. The van der Waals surface area contributed by atoms with E-state index in [0.717, 1.165) is 43.0 Å². The Labute approximate surface area is 122 Å². The van der Waals surface area contributed by atoms with E-state index in [1.165, 1.54) is 0 Å². The number of fused-ring (bicyclic) bond motifs is 1. The van der Waals surface area contributed by atoms with E-state index in [4.69, 9.17) is 0 Å². The van der Waals surface area contributed by atoms with Crippen LogP contribution >= 0.6 is 0 Å². The van der Waals surface area contributed by atoms with Gasteiger partial charge in [-0.05, 0) is 0 Å². The zero-order chi connectivity index (χ0) is 14.8. The van der Waals surface area contributed by atoms with Crippen molar-refractivity contribution in [3.8, 4) is 0 Å². The third-order valence-corrected chi connectivity index (χ3v) is 3.76. The maximum absolute atomic E-state index is 11.7. The average molecular weight is 289 g/mol.